The van der Waals surface area contributed by atoms with Gasteiger partial charge in [-0.2, -0.15) is 0 Å². The maximum atomic E-state index is 11.8. The van der Waals surface area contributed by atoms with Crippen LogP contribution >= 0.6 is 15.9 Å². The third kappa shape index (κ3) is 7.42. The van der Waals surface area contributed by atoms with Gasteiger partial charge in [0.05, 0.1) is 5.69 Å². The average molecular weight is 463 g/mol. The number of nitrogens with one attached hydrogen (secondary N) is 1. The summed E-state index contributed by atoms with van der Waals surface area (Å²) in [5.41, 5.74) is 3.63. The molecule has 4 bridgehead atoms. The number of halogens is 1. The SMILES string of the molecule is CC(=O)Nc1c2ccc(c1Br)CCCCCCC1CCC(CCCCCC2)CC1. The van der Waals surface area contributed by atoms with E-state index in [1.165, 1.54) is 101 Å². The number of benzene rings is 1. The second-order valence-corrected chi connectivity index (χ2v) is 10.3. The topological polar surface area (TPSA) is 29.1 Å². The van der Waals surface area contributed by atoms with Crippen molar-refractivity contribution in [2.75, 3.05) is 5.32 Å². The minimum atomic E-state index is 0.0219. The van der Waals surface area contributed by atoms with Gasteiger partial charge in [-0.05, 0) is 64.6 Å². The normalized spacial score (nSPS) is 24.9. The monoisotopic (exact) mass is 461 g/mol. The van der Waals surface area contributed by atoms with E-state index < -0.39 is 0 Å². The van der Waals surface area contributed by atoms with Crippen LogP contribution in [-0.4, -0.2) is 5.91 Å². The lowest BCUT2D eigenvalue weighted by Crippen LogP contribution is -2.14. The predicted octanol–water partition coefficient (Wildman–Crippen LogP) is 8.21. The summed E-state index contributed by atoms with van der Waals surface area (Å²) in [4.78, 5) is 11.8. The minimum absolute atomic E-state index is 0.0219. The lowest BCUT2D eigenvalue weighted by atomic mass is 9.78. The second-order valence-electron chi connectivity index (χ2n) is 9.55. The van der Waals surface area contributed by atoms with Crippen molar-refractivity contribution in [1.82, 2.24) is 0 Å². The molecule has 1 aromatic carbocycles. The van der Waals surface area contributed by atoms with Crippen molar-refractivity contribution in [2.45, 2.75) is 110 Å². The van der Waals surface area contributed by atoms with Crippen molar-refractivity contribution in [2.24, 2.45) is 11.8 Å². The molecule has 1 N–H and O–H groups in total. The van der Waals surface area contributed by atoms with Gasteiger partial charge >= 0.3 is 0 Å². The van der Waals surface area contributed by atoms with E-state index in [-0.39, 0.29) is 5.91 Å². The van der Waals surface area contributed by atoms with Gasteiger partial charge in [0.2, 0.25) is 5.91 Å². The largest absolute Gasteiger partial charge is 0.325 e. The predicted molar refractivity (Wildman–Crippen MR) is 127 cm³/mol. The molecule has 0 spiro atoms. The zero-order chi connectivity index (χ0) is 20.5. The molecule has 0 aliphatic heterocycles. The molecule has 0 atom stereocenters. The third-order valence-electron chi connectivity index (χ3n) is 7.19. The molecule has 1 saturated carbocycles. The van der Waals surface area contributed by atoms with E-state index in [0.717, 1.165) is 34.8 Å². The highest BCUT2D eigenvalue weighted by atomic mass is 79.9. The van der Waals surface area contributed by atoms with Crippen LogP contribution in [0.5, 0.6) is 0 Å². The molecule has 5 aliphatic carbocycles. The Morgan fingerprint density at radius 1 is 0.759 bits per heavy atom. The molecule has 0 unspecified atom stereocenters. The van der Waals surface area contributed by atoms with Crippen LogP contribution in [0.4, 0.5) is 5.69 Å². The summed E-state index contributed by atoms with van der Waals surface area (Å²) < 4.78 is 1.11. The summed E-state index contributed by atoms with van der Waals surface area (Å²) in [6.07, 6.45) is 21.6. The van der Waals surface area contributed by atoms with E-state index in [1.807, 2.05) is 0 Å². The van der Waals surface area contributed by atoms with Gasteiger partial charge in [0.25, 0.3) is 0 Å². The highest BCUT2D eigenvalue weighted by Crippen LogP contribution is 2.36. The Kier molecular flexibility index (Phi) is 9.55. The van der Waals surface area contributed by atoms with E-state index in [0.29, 0.717) is 0 Å². The second kappa shape index (κ2) is 12.1. The summed E-state index contributed by atoms with van der Waals surface area (Å²) in [5, 5.41) is 3.10. The fraction of sp³-hybridized carbons (Fsp3) is 0.731. The molecule has 0 aromatic heterocycles. The first-order valence-electron chi connectivity index (χ1n) is 12.2. The molecular weight excluding hydrogens is 422 g/mol. The molecule has 29 heavy (non-hydrogen) atoms. The van der Waals surface area contributed by atoms with E-state index >= 15 is 0 Å². The Balaban J connectivity index is 1.64. The molecule has 0 saturated heterocycles. The van der Waals surface area contributed by atoms with Crippen molar-refractivity contribution in [3.8, 4) is 0 Å². The summed E-state index contributed by atoms with van der Waals surface area (Å²) in [6.45, 7) is 1.61. The van der Waals surface area contributed by atoms with Gasteiger partial charge in [-0.25, -0.2) is 0 Å². The molecule has 1 fully saturated rings. The van der Waals surface area contributed by atoms with Crippen molar-refractivity contribution in [3.63, 3.8) is 0 Å². The summed E-state index contributed by atoms with van der Waals surface area (Å²) in [6, 6.07) is 4.53. The quantitative estimate of drug-likeness (QED) is 0.448. The van der Waals surface area contributed by atoms with Crippen molar-refractivity contribution in [1.29, 1.82) is 0 Å². The van der Waals surface area contributed by atoms with Crippen LogP contribution in [-0.2, 0) is 17.6 Å². The number of carbonyl (C=O) groups excluding carboxylic acids is 1. The summed E-state index contributed by atoms with van der Waals surface area (Å²) in [5.74, 6) is 2.04. The number of hydrogen-bond acceptors (Lipinski definition) is 1. The first-order valence-corrected chi connectivity index (χ1v) is 13.0. The Morgan fingerprint density at radius 3 is 1.79 bits per heavy atom. The van der Waals surface area contributed by atoms with Crippen LogP contribution < -0.4 is 5.32 Å². The molecule has 162 valence electrons. The fourth-order valence-electron chi connectivity index (χ4n) is 5.38. The molecule has 5 aliphatic rings. The van der Waals surface area contributed by atoms with E-state index in [1.54, 1.807) is 6.92 Å². The summed E-state index contributed by atoms with van der Waals surface area (Å²) >= 11 is 3.81. The number of amides is 1. The molecule has 6 rings (SSSR count). The molecule has 0 radical (unpaired) electrons. The maximum Gasteiger partial charge on any atom is 0.221 e. The average Bonchev–Trinajstić information content (AvgIpc) is 2.71. The zero-order valence-electron chi connectivity index (χ0n) is 18.4. The van der Waals surface area contributed by atoms with Gasteiger partial charge in [0, 0.05) is 11.4 Å². The van der Waals surface area contributed by atoms with E-state index in [2.05, 4.69) is 33.4 Å². The number of anilines is 1. The highest BCUT2D eigenvalue weighted by molar-refractivity contribution is 9.10. The van der Waals surface area contributed by atoms with Gasteiger partial charge in [0.1, 0.15) is 0 Å². The number of rotatable bonds is 1. The Hall–Kier alpha value is -0.830. The van der Waals surface area contributed by atoms with Gasteiger partial charge in [-0.15, -0.1) is 0 Å². The number of hydrogen-bond donors (Lipinski definition) is 1. The lowest BCUT2D eigenvalue weighted by molar-refractivity contribution is -0.114. The maximum absolute atomic E-state index is 11.8. The van der Waals surface area contributed by atoms with Gasteiger partial charge in [0.15, 0.2) is 0 Å². The smallest absolute Gasteiger partial charge is 0.221 e. The first kappa shape index (κ1) is 22.8. The standard InChI is InChI=1S/C26H40BrNO/c1-20(29)28-26-24-13-9-5-3-7-11-22-16-14-21(15-17-22)10-6-2-4-8-12-23(18-19-24)25(26)27/h18-19,21-22H,2-17H2,1H3,(H,28,29). The Labute approximate surface area is 186 Å². The molecule has 3 heteroatoms. The van der Waals surface area contributed by atoms with Crippen molar-refractivity contribution < 1.29 is 4.79 Å². The summed E-state index contributed by atoms with van der Waals surface area (Å²) in [7, 11) is 0. The molecule has 1 amide bonds. The van der Waals surface area contributed by atoms with Crippen molar-refractivity contribution in [3.05, 3.63) is 27.7 Å². The fourth-order valence-corrected chi connectivity index (χ4v) is 6.07. The molecule has 0 heterocycles. The Bertz CT molecular complexity index is 648. The Morgan fingerprint density at radius 2 is 1.24 bits per heavy atom. The van der Waals surface area contributed by atoms with Crippen LogP contribution in [0.15, 0.2) is 16.6 Å². The van der Waals surface area contributed by atoms with Gasteiger partial charge in [-0.1, -0.05) is 89.2 Å². The van der Waals surface area contributed by atoms with Crippen LogP contribution in [0.1, 0.15) is 108 Å². The van der Waals surface area contributed by atoms with Gasteiger partial charge < -0.3 is 5.32 Å². The highest BCUT2D eigenvalue weighted by Gasteiger charge is 2.20. The lowest BCUT2D eigenvalue weighted by Gasteiger charge is -2.28. The van der Waals surface area contributed by atoms with Crippen LogP contribution in [0.25, 0.3) is 0 Å². The van der Waals surface area contributed by atoms with E-state index in [4.69, 9.17) is 0 Å². The molecular formula is C26H40BrNO. The van der Waals surface area contributed by atoms with Gasteiger partial charge in [-0.3, -0.25) is 4.79 Å². The minimum Gasteiger partial charge on any atom is -0.325 e. The van der Waals surface area contributed by atoms with Crippen LogP contribution in [0, 0.1) is 11.8 Å². The van der Waals surface area contributed by atoms with Crippen LogP contribution in [0.3, 0.4) is 0 Å². The van der Waals surface area contributed by atoms with Crippen LogP contribution in [0.2, 0.25) is 0 Å². The third-order valence-corrected chi connectivity index (χ3v) is 8.10. The van der Waals surface area contributed by atoms with Crippen molar-refractivity contribution >= 4 is 27.5 Å². The van der Waals surface area contributed by atoms with E-state index in [9.17, 15) is 4.79 Å². The zero-order valence-corrected chi connectivity index (χ0v) is 20.0. The molecule has 2 nitrogen and oxygen atoms in total. The number of carbonyl (C=O) groups is 1. The molecule has 1 aromatic rings. The number of aryl methyl sites for hydroxylation is 2. The first-order chi connectivity index (χ1) is 14.1.